The lowest BCUT2D eigenvalue weighted by Crippen LogP contribution is -2.20. The molecule has 1 unspecified atom stereocenters. The van der Waals surface area contributed by atoms with E-state index in [9.17, 15) is 4.39 Å². The number of nitrogens with one attached hydrogen (secondary N) is 1. The van der Waals surface area contributed by atoms with Crippen molar-refractivity contribution >= 4 is 11.6 Å². The lowest BCUT2D eigenvalue weighted by atomic mass is 9.96. The van der Waals surface area contributed by atoms with Crippen molar-refractivity contribution < 1.29 is 4.39 Å². The summed E-state index contributed by atoms with van der Waals surface area (Å²) in [6.07, 6.45) is 0.752. The molecule has 0 radical (unpaired) electrons. The van der Waals surface area contributed by atoms with Gasteiger partial charge in [0.2, 0.25) is 0 Å². The molecule has 3 heteroatoms. The maximum absolute atomic E-state index is 14.0. The molecule has 0 aromatic heterocycles. The zero-order chi connectivity index (χ0) is 13.8. The molecule has 1 nitrogen and oxygen atoms in total. The Morgan fingerprint density at radius 1 is 1.21 bits per heavy atom. The summed E-state index contributed by atoms with van der Waals surface area (Å²) in [5.41, 5.74) is 3.09. The maximum atomic E-state index is 14.0. The average molecular weight is 278 g/mol. The van der Waals surface area contributed by atoms with Gasteiger partial charge in [-0.25, -0.2) is 4.39 Å². The SMILES string of the molecule is CNC(Cc1ccccc1C)c1ccc(Cl)cc1F. The predicted octanol–water partition coefficient (Wildman–Crippen LogP) is 4.29. The Bertz CT molecular complexity index is 568. The third kappa shape index (κ3) is 3.34. The molecule has 0 aliphatic rings. The van der Waals surface area contributed by atoms with Gasteiger partial charge in [-0.1, -0.05) is 41.9 Å². The van der Waals surface area contributed by atoms with Crippen LogP contribution in [0.5, 0.6) is 0 Å². The fraction of sp³-hybridized carbons (Fsp3) is 0.250. The van der Waals surface area contributed by atoms with Gasteiger partial charge in [0.15, 0.2) is 0 Å². The summed E-state index contributed by atoms with van der Waals surface area (Å²) < 4.78 is 14.0. The van der Waals surface area contributed by atoms with Crippen molar-refractivity contribution in [1.82, 2.24) is 5.32 Å². The van der Waals surface area contributed by atoms with Gasteiger partial charge in [0, 0.05) is 16.6 Å². The monoisotopic (exact) mass is 277 g/mol. The van der Waals surface area contributed by atoms with Gasteiger partial charge in [-0.3, -0.25) is 0 Å². The van der Waals surface area contributed by atoms with E-state index < -0.39 is 0 Å². The Kier molecular flexibility index (Phi) is 4.56. The third-order valence-electron chi connectivity index (χ3n) is 3.37. The van der Waals surface area contributed by atoms with E-state index in [0.29, 0.717) is 10.6 Å². The first-order valence-electron chi connectivity index (χ1n) is 6.28. The minimum atomic E-state index is -0.263. The highest BCUT2D eigenvalue weighted by Gasteiger charge is 2.15. The van der Waals surface area contributed by atoms with Crippen LogP contribution in [0.3, 0.4) is 0 Å². The number of aryl methyl sites for hydroxylation is 1. The number of hydrogen-bond acceptors (Lipinski definition) is 1. The van der Waals surface area contributed by atoms with Crippen molar-refractivity contribution in [2.45, 2.75) is 19.4 Å². The molecule has 0 heterocycles. The van der Waals surface area contributed by atoms with Gasteiger partial charge >= 0.3 is 0 Å². The molecule has 0 spiro atoms. The highest BCUT2D eigenvalue weighted by molar-refractivity contribution is 6.30. The molecular weight excluding hydrogens is 261 g/mol. The van der Waals surface area contributed by atoms with Crippen LogP contribution in [0, 0.1) is 12.7 Å². The van der Waals surface area contributed by atoms with Gasteiger partial charge in [-0.05, 0) is 43.7 Å². The topological polar surface area (TPSA) is 12.0 Å². The zero-order valence-corrected chi connectivity index (χ0v) is 11.8. The van der Waals surface area contributed by atoms with Crippen molar-refractivity contribution in [2.75, 3.05) is 7.05 Å². The van der Waals surface area contributed by atoms with E-state index in [1.807, 2.05) is 19.2 Å². The molecule has 2 aromatic rings. The molecule has 0 amide bonds. The van der Waals surface area contributed by atoms with E-state index in [1.165, 1.54) is 17.2 Å². The largest absolute Gasteiger partial charge is 0.313 e. The lowest BCUT2D eigenvalue weighted by molar-refractivity contribution is 0.533. The Balaban J connectivity index is 2.28. The van der Waals surface area contributed by atoms with E-state index in [-0.39, 0.29) is 11.9 Å². The van der Waals surface area contributed by atoms with Crippen LogP contribution in [0.2, 0.25) is 5.02 Å². The van der Waals surface area contributed by atoms with E-state index in [1.54, 1.807) is 12.1 Å². The maximum Gasteiger partial charge on any atom is 0.129 e. The molecule has 1 N–H and O–H groups in total. The van der Waals surface area contributed by atoms with E-state index in [0.717, 1.165) is 6.42 Å². The third-order valence-corrected chi connectivity index (χ3v) is 3.61. The first-order chi connectivity index (χ1) is 9.11. The quantitative estimate of drug-likeness (QED) is 0.879. The fourth-order valence-corrected chi connectivity index (χ4v) is 2.37. The van der Waals surface area contributed by atoms with Gasteiger partial charge in [0.25, 0.3) is 0 Å². The Labute approximate surface area is 118 Å². The van der Waals surface area contributed by atoms with Crippen LogP contribution in [0.15, 0.2) is 42.5 Å². The Hall–Kier alpha value is -1.38. The van der Waals surface area contributed by atoms with Gasteiger partial charge in [-0.15, -0.1) is 0 Å². The summed E-state index contributed by atoms with van der Waals surface area (Å²) in [5.74, 6) is -0.263. The predicted molar refractivity (Wildman–Crippen MR) is 78.1 cm³/mol. The minimum Gasteiger partial charge on any atom is -0.313 e. The van der Waals surface area contributed by atoms with Crippen LogP contribution in [0.4, 0.5) is 4.39 Å². The summed E-state index contributed by atoms with van der Waals surface area (Å²) >= 11 is 5.79. The summed E-state index contributed by atoms with van der Waals surface area (Å²) in [5, 5.41) is 3.59. The Morgan fingerprint density at radius 3 is 2.58 bits per heavy atom. The van der Waals surface area contributed by atoms with Gasteiger partial charge in [0.05, 0.1) is 0 Å². The highest BCUT2D eigenvalue weighted by Crippen LogP contribution is 2.24. The first-order valence-corrected chi connectivity index (χ1v) is 6.66. The lowest BCUT2D eigenvalue weighted by Gasteiger charge is -2.18. The molecule has 0 bridgehead atoms. The van der Waals surface area contributed by atoms with Crippen molar-refractivity contribution in [1.29, 1.82) is 0 Å². The second kappa shape index (κ2) is 6.18. The number of hydrogen-bond donors (Lipinski definition) is 1. The molecule has 100 valence electrons. The normalized spacial score (nSPS) is 12.4. The molecule has 0 saturated carbocycles. The van der Waals surface area contributed by atoms with Gasteiger partial charge in [0.1, 0.15) is 5.82 Å². The molecule has 0 aliphatic carbocycles. The Morgan fingerprint density at radius 2 is 1.95 bits per heavy atom. The number of benzene rings is 2. The molecule has 1 atom stereocenters. The summed E-state index contributed by atoms with van der Waals surface area (Å²) in [6, 6.07) is 12.9. The van der Waals surface area contributed by atoms with E-state index in [4.69, 9.17) is 11.6 Å². The average Bonchev–Trinajstić information content (AvgIpc) is 2.39. The van der Waals surface area contributed by atoms with Crippen molar-refractivity contribution in [3.8, 4) is 0 Å². The first kappa shape index (κ1) is 14.0. The molecule has 0 saturated heterocycles. The highest BCUT2D eigenvalue weighted by atomic mass is 35.5. The van der Waals surface area contributed by atoms with Crippen molar-refractivity contribution in [2.24, 2.45) is 0 Å². The molecule has 0 fully saturated rings. The van der Waals surface area contributed by atoms with Crippen LogP contribution < -0.4 is 5.32 Å². The number of rotatable bonds is 4. The standard InChI is InChI=1S/C16H17ClFN/c1-11-5-3-4-6-12(11)9-16(19-2)14-8-7-13(17)10-15(14)18/h3-8,10,16,19H,9H2,1-2H3. The molecule has 19 heavy (non-hydrogen) atoms. The molecule has 2 aromatic carbocycles. The van der Waals surface area contributed by atoms with Crippen molar-refractivity contribution in [3.63, 3.8) is 0 Å². The summed E-state index contributed by atoms with van der Waals surface area (Å²) in [6.45, 7) is 2.07. The zero-order valence-electron chi connectivity index (χ0n) is 11.1. The number of halogens is 2. The van der Waals surface area contributed by atoms with Crippen LogP contribution in [-0.4, -0.2) is 7.05 Å². The van der Waals surface area contributed by atoms with Crippen LogP contribution >= 0.6 is 11.6 Å². The summed E-state index contributed by atoms with van der Waals surface area (Å²) in [4.78, 5) is 0. The number of likely N-dealkylation sites (N-methyl/N-ethyl adjacent to an activating group) is 1. The van der Waals surface area contributed by atoms with E-state index in [2.05, 4.69) is 24.4 Å². The minimum absolute atomic E-state index is 0.0571. The second-order valence-corrected chi connectivity index (χ2v) is 5.07. The van der Waals surface area contributed by atoms with Crippen LogP contribution in [0.25, 0.3) is 0 Å². The fourth-order valence-electron chi connectivity index (χ4n) is 2.21. The molecule has 0 aliphatic heterocycles. The van der Waals surface area contributed by atoms with Gasteiger partial charge < -0.3 is 5.32 Å². The van der Waals surface area contributed by atoms with Crippen LogP contribution in [0.1, 0.15) is 22.7 Å². The molecule has 2 rings (SSSR count). The second-order valence-electron chi connectivity index (χ2n) is 4.64. The summed E-state index contributed by atoms with van der Waals surface area (Å²) in [7, 11) is 1.84. The van der Waals surface area contributed by atoms with E-state index >= 15 is 0 Å². The molecular formula is C16H17ClFN. The van der Waals surface area contributed by atoms with Crippen LogP contribution in [-0.2, 0) is 6.42 Å². The van der Waals surface area contributed by atoms with Crippen molar-refractivity contribution in [3.05, 3.63) is 70.0 Å². The van der Waals surface area contributed by atoms with Gasteiger partial charge in [-0.2, -0.15) is 0 Å². The smallest absolute Gasteiger partial charge is 0.129 e.